The molecule has 0 fully saturated rings. The Morgan fingerprint density at radius 3 is 2.10 bits per heavy atom. The van der Waals surface area contributed by atoms with Gasteiger partial charge in [0.05, 0.1) is 0 Å². The number of amides is 1. The van der Waals surface area contributed by atoms with E-state index >= 15 is 0 Å². The van der Waals surface area contributed by atoms with E-state index in [1.807, 2.05) is 42.5 Å². The first-order chi connectivity index (χ1) is 14.3. The van der Waals surface area contributed by atoms with Crippen molar-refractivity contribution in [3.63, 3.8) is 0 Å². The van der Waals surface area contributed by atoms with Gasteiger partial charge < -0.3 is 15.4 Å². The monoisotopic (exact) mass is 414 g/mol. The van der Waals surface area contributed by atoms with Crippen LogP contribution in [0.3, 0.4) is 0 Å². The zero-order valence-electron chi connectivity index (χ0n) is 16.2. The van der Waals surface area contributed by atoms with E-state index < -0.39 is 12.8 Å². The van der Waals surface area contributed by atoms with Crippen LogP contribution in [0.4, 0.5) is 24.5 Å². The second-order valence-corrected chi connectivity index (χ2v) is 6.74. The third kappa shape index (κ3) is 6.27. The van der Waals surface area contributed by atoms with Crippen molar-refractivity contribution in [2.45, 2.75) is 19.1 Å². The van der Waals surface area contributed by atoms with E-state index in [0.29, 0.717) is 11.3 Å². The van der Waals surface area contributed by atoms with Gasteiger partial charge in [-0.15, -0.1) is 0 Å². The van der Waals surface area contributed by atoms with Crippen LogP contribution >= 0.6 is 0 Å². The molecule has 3 rings (SSSR count). The molecule has 7 heteroatoms. The van der Waals surface area contributed by atoms with Crippen LogP contribution in [-0.2, 0) is 0 Å². The summed E-state index contributed by atoms with van der Waals surface area (Å²) >= 11 is 0. The quantitative estimate of drug-likeness (QED) is 0.495. The first kappa shape index (κ1) is 21.2. The Labute approximate surface area is 172 Å². The Bertz CT molecular complexity index is 956. The molecule has 0 aliphatic carbocycles. The van der Waals surface area contributed by atoms with Crippen LogP contribution in [-0.4, -0.2) is 18.7 Å². The van der Waals surface area contributed by atoms with E-state index in [1.165, 1.54) is 24.3 Å². The lowest BCUT2D eigenvalue weighted by Gasteiger charge is -2.16. The summed E-state index contributed by atoms with van der Waals surface area (Å²) in [5, 5.41) is 6.15. The number of benzene rings is 3. The van der Waals surface area contributed by atoms with Crippen molar-refractivity contribution in [1.29, 1.82) is 0 Å². The highest BCUT2D eigenvalue weighted by Gasteiger charge is 2.28. The summed E-state index contributed by atoms with van der Waals surface area (Å²) in [6, 6.07) is 22.9. The summed E-state index contributed by atoms with van der Waals surface area (Å²) in [6.07, 6.45) is -4.41. The highest BCUT2D eigenvalue weighted by atomic mass is 19.4. The van der Waals surface area contributed by atoms with E-state index in [4.69, 9.17) is 0 Å². The van der Waals surface area contributed by atoms with Crippen molar-refractivity contribution in [1.82, 2.24) is 0 Å². The lowest BCUT2D eigenvalue weighted by Crippen LogP contribution is -2.19. The Balaban J connectivity index is 1.55. The molecule has 3 aromatic rings. The molecular formula is C23H21F3N2O2. The predicted molar refractivity (Wildman–Crippen MR) is 111 cm³/mol. The fourth-order valence-corrected chi connectivity index (χ4v) is 2.80. The second-order valence-electron chi connectivity index (χ2n) is 6.74. The molecule has 0 heterocycles. The van der Waals surface area contributed by atoms with Gasteiger partial charge in [0.15, 0.2) is 6.61 Å². The van der Waals surface area contributed by atoms with Gasteiger partial charge in [0, 0.05) is 23.0 Å². The van der Waals surface area contributed by atoms with Crippen LogP contribution in [0.1, 0.15) is 28.9 Å². The summed E-state index contributed by atoms with van der Waals surface area (Å²) in [5.41, 5.74) is 3.00. The van der Waals surface area contributed by atoms with Gasteiger partial charge in [-0.05, 0) is 61.0 Å². The maximum atomic E-state index is 12.3. The smallest absolute Gasteiger partial charge is 0.422 e. The van der Waals surface area contributed by atoms with Crippen LogP contribution in [0.25, 0.3) is 0 Å². The van der Waals surface area contributed by atoms with E-state index in [0.717, 1.165) is 11.3 Å². The highest BCUT2D eigenvalue weighted by Crippen LogP contribution is 2.22. The molecule has 1 atom stereocenters. The summed E-state index contributed by atoms with van der Waals surface area (Å²) < 4.78 is 41.2. The van der Waals surface area contributed by atoms with Gasteiger partial charge in [-0.25, -0.2) is 0 Å². The minimum Gasteiger partial charge on any atom is -0.484 e. The van der Waals surface area contributed by atoms with E-state index in [-0.39, 0.29) is 17.7 Å². The first-order valence-corrected chi connectivity index (χ1v) is 9.33. The summed E-state index contributed by atoms with van der Waals surface area (Å²) in [5.74, 6) is -0.317. The molecule has 156 valence electrons. The molecule has 3 aromatic carbocycles. The number of carbonyl (C=O) groups excluding carboxylic acids is 1. The number of carbonyl (C=O) groups is 1. The molecule has 30 heavy (non-hydrogen) atoms. The minimum atomic E-state index is -4.41. The van der Waals surface area contributed by atoms with E-state index in [1.54, 1.807) is 12.1 Å². The van der Waals surface area contributed by atoms with E-state index in [2.05, 4.69) is 22.3 Å². The molecule has 0 aromatic heterocycles. The maximum absolute atomic E-state index is 12.3. The Hall–Kier alpha value is -3.48. The van der Waals surface area contributed by atoms with Crippen molar-refractivity contribution in [2.24, 2.45) is 0 Å². The minimum absolute atomic E-state index is 0.0480. The van der Waals surface area contributed by atoms with Gasteiger partial charge in [0.1, 0.15) is 5.75 Å². The molecule has 1 amide bonds. The number of hydrogen-bond acceptors (Lipinski definition) is 3. The Kier molecular flexibility index (Phi) is 6.61. The fourth-order valence-electron chi connectivity index (χ4n) is 2.80. The maximum Gasteiger partial charge on any atom is 0.422 e. The Morgan fingerprint density at radius 1 is 0.900 bits per heavy atom. The summed E-state index contributed by atoms with van der Waals surface area (Å²) in [4.78, 5) is 12.3. The van der Waals surface area contributed by atoms with Crippen LogP contribution in [0.2, 0.25) is 0 Å². The van der Waals surface area contributed by atoms with Gasteiger partial charge in [-0.3, -0.25) is 4.79 Å². The van der Waals surface area contributed by atoms with Crippen LogP contribution in [0, 0.1) is 0 Å². The highest BCUT2D eigenvalue weighted by molar-refractivity contribution is 6.04. The van der Waals surface area contributed by atoms with Crippen molar-refractivity contribution in [2.75, 3.05) is 17.2 Å². The van der Waals surface area contributed by atoms with Crippen molar-refractivity contribution in [3.8, 4) is 5.75 Å². The van der Waals surface area contributed by atoms with Gasteiger partial charge in [0.25, 0.3) is 5.91 Å². The summed E-state index contributed by atoms with van der Waals surface area (Å²) in [6.45, 7) is 0.689. The third-order valence-corrected chi connectivity index (χ3v) is 4.34. The third-order valence-electron chi connectivity index (χ3n) is 4.34. The van der Waals surface area contributed by atoms with E-state index in [9.17, 15) is 18.0 Å². The molecule has 4 nitrogen and oxygen atoms in total. The van der Waals surface area contributed by atoms with Crippen LogP contribution in [0.15, 0.2) is 78.9 Å². The number of rotatable bonds is 7. The second kappa shape index (κ2) is 9.35. The van der Waals surface area contributed by atoms with Crippen molar-refractivity contribution >= 4 is 17.3 Å². The number of halogens is 3. The largest absolute Gasteiger partial charge is 0.484 e. The number of ether oxygens (including phenoxy) is 1. The molecule has 0 aliphatic rings. The average Bonchev–Trinajstić information content (AvgIpc) is 2.74. The molecular weight excluding hydrogens is 393 g/mol. The number of nitrogens with one attached hydrogen (secondary N) is 2. The molecule has 0 radical (unpaired) electrons. The van der Waals surface area contributed by atoms with Gasteiger partial charge in [-0.1, -0.05) is 30.3 Å². The molecule has 0 saturated heterocycles. The molecule has 0 aliphatic heterocycles. The average molecular weight is 414 g/mol. The van der Waals surface area contributed by atoms with Crippen molar-refractivity contribution < 1.29 is 22.7 Å². The van der Waals surface area contributed by atoms with Gasteiger partial charge >= 0.3 is 6.18 Å². The van der Waals surface area contributed by atoms with Gasteiger partial charge in [0.2, 0.25) is 0 Å². The number of anilines is 2. The van der Waals surface area contributed by atoms with Crippen LogP contribution < -0.4 is 15.4 Å². The standard InChI is InChI=1S/C23H21F3N2O2/c1-16(17-5-3-2-4-6-17)27-19-9-11-20(12-10-19)28-22(29)18-7-13-21(14-8-18)30-15-23(24,25)26/h2-14,16,27H,15H2,1H3,(H,28,29). The molecule has 0 bridgehead atoms. The van der Waals surface area contributed by atoms with Gasteiger partial charge in [-0.2, -0.15) is 13.2 Å². The SMILES string of the molecule is CC(Nc1ccc(NC(=O)c2ccc(OCC(F)(F)F)cc2)cc1)c1ccccc1. The lowest BCUT2D eigenvalue weighted by molar-refractivity contribution is -0.153. The Morgan fingerprint density at radius 2 is 1.50 bits per heavy atom. The van der Waals surface area contributed by atoms with Crippen molar-refractivity contribution in [3.05, 3.63) is 90.0 Å². The normalized spacial score (nSPS) is 12.1. The number of alkyl halides is 3. The molecule has 2 N–H and O–H groups in total. The lowest BCUT2D eigenvalue weighted by atomic mass is 10.1. The molecule has 0 spiro atoms. The summed E-state index contributed by atoms with van der Waals surface area (Å²) in [7, 11) is 0. The first-order valence-electron chi connectivity index (χ1n) is 9.33. The number of hydrogen-bond donors (Lipinski definition) is 2. The zero-order valence-corrected chi connectivity index (χ0v) is 16.2. The zero-order chi connectivity index (χ0) is 21.6. The fraction of sp³-hybridized carbons (Fsp3) is 0.174. The topological polar surface area (TPSA) is 50.4 Å². The molecule has 1 unspecified atom stereocenters. The predicted octanol–water partition coefficient (Wildman–Crippen LogP) is 6.05. The molecule has 0 saturated carbocycles. The van der Waals surface area contributed by atoms with Crippen LogP contribution in [0.5, 0.6) is 5.75 Å².